The van der Waals surface area contributed by atoms with Crippen LogP contribution in [0.2, 0.25) is 0 Å². The highest BCUT2D eigenvalue weighted by atomic mass is 32.1. The Morgan fingerprint density at radius 3 is 2.70 bits per heavy atom. The SMILES string of the molecule is Cc1cc2oc(C(=O)Nc3sc4c(c3C#N)CCCC4)cc(=O)c2cc1C. The van der Waals surface area contributed by atoms with Crippen LogP contribution in [-0.2, 0) is 12.8 Å². The minimum Gasteiger partial charge on any atom is -0.451 e. The Labute approximate surface area is 160 Å². The van der Waals surface area contributed by atoms with Crippen LogP contribution >= 0.6 is 11.3 Å². The number of nitrogens with one attached hydrogen (secondary N) is 1. The van der Waals surface area contributed by atoms with Crippen LogP contribution in [0.1, 0.15) is 50.5 Å². The zero-order valence-corrected chi connectivity index (χ0v) is 16.0. The van der Waals surface area contributed by atoms with Crippen molar-refractivity contribution < 1.29 is 9.21 Å². The Balaban J connectivity index is 1.72. The number of amides is 1. The number of fused-ring (bicyclic) bond motifs is 2. The Bertz CT molecular complexity index is 1180. The normalized spacial score (nSPS) is 13.2. The molecule has 2 heterocycles. The van der Waals surface area contributed by atoms with Gasteiger partial charge >= 0.3 is 0 Å². The molecule has 1 aliphatic rings. The number of rotatable bonds is 2. The van der Waals surface area contributed by atoms with Gasteiger partial charge in [0.15, 0.2) is 11.2 Å². The van der Waals surface area contributed by atoms with Crippen LogP contribution in [0.3, 0.4) is 0 Å². The summed E-state index contributed by atoms with van der Waals surface area (Å²) in [5.41, 5.74) is 3.71. The number of hydrogen-bond donors (Lipinski definition) is 1. The summed E-state index contributed by atoms with van der Waals surface area (Å²) in [6.07, 6.45) is 3.97. The van der Waals surface area contributed by atoms with Crippen LogP contribution < -0.4 is 10.7 Å². The van der Waals surface area contributed by atoms with E-state index in [1.807, 2.05) is 13.8 Å². The summed E-state index contributed by atoms with van der Waals surface area (Å²) >= 11 is 1.45. The Hall–Kier alpha value is -2.91. The van der Waals surface area contributed by atoms with Gasteiger partial charge in [-0.2, -0.15) is 5.26 Å². The van der Waals surface area contributed by atoms with E-state index in [2.05, 4.69) is 11.4 Å². The number of thiophene rings is 1. The molecule has 0 fully saturated rings. The summed E-state index contributed by atoms with van der Waals surface area (Å²) in [7, 11) is 0. The minimum absolute atomic E-state index is 0.0500. The number of hydrogen-bond acceptors (Lipinski definition) is 5. The van der Waals surface area contributed by atoms with Gasteiger partial charge < -0.3 is 9.73 Å². The van der Waals surface area contributed by atoms with Gasteiger partial charge in [-0.15, -0.1) is 11.3 Å². The summed E-state index contributed by atoms with van der Waals surface area (Å²) in [4.78, 5) is 26.3. The molecule has 4 rings (SSSR count). The average Bonchev–Trinajstić information content (AvgIpc) is 3.00. The number of carbonyl (C=O) groups excluding carboxylic acids is 1. The number of anilines is 1. The summed E-state index contributed by atoms with van der Waals surface area (Å²) < 4.78 is 5.70. The van der Waals surface area contributed by atoms with Crippen molar-refractivity contribution in [1.82, 2.24) is 0 Å². The highest BCUT2D eigenvalue weighted by Crippen LogP contribution is 2.37. The molecule has 0 unspecified atom stereocenters. The van der Waals surface area contributed by atoms with E-state index in [4.69, 9.17) is 4.42 Å². The lowest BCUT2D eigenvalue weighted by Gasteiger charge is -2.09. The Morgan fingerprint density at radius 2 is 1.93 bits per heavy atom. The van der Waals surface area contributed by atoms with E-state index in [-0.39, 0.29) is 11.2 Å². The van der Waals surface area contributed by atoms with E-state index in [0.29, 0.717) is 21.5 Å². The number of benzene rings is 1. The second kappa shape index (κ2) is 6.67. The standard InChI is InChI=1S/C21H18N2O3S/c1-11-7-14-16(24)9-18(26-17(14)8-12(11)2)20(25)23-21-15(10-22)13-5-3-4-6-19(13)27-21/h7-9H,3-6H2,1-2H3,(H,23,25). The third-order valence-electron chi connectivity index (χ3n) is 5.08. The molecule has 27 heavy (non-hydrogen) atoms. The molecule has 1 aliphatic carbocycles. The van der Waals surface area contributed by atoms with Crippen molar-refractivity contribution in [2.24, 2.45) is 0 Å². The largest absolute Gasteiger partial charge is 0.451 e. The number of nitriles is 1. The number of nitrogens with zero attached hydrogens (tertiary/aromatic N) is 1. The highest BCUT2D eigenvalue weighted by Gasteiger charge is 2.23. The smallest absolute Gasteiger partial charge is 0.292 e. The van der Waals surface area contributed by atoms with Crippen LogP contribution in [-0.4, -0.2) is 5.91 Å². The van der Waals surface area contributed by atoms with E-state index >= 15 is 0 Å². The van der Waals surface area contributed by atoms with Gasteiger partial charge in [0.05, 0.1) is 10.9 Å². The molecule has 3 aromatic rings. The van der Waals surface area contributed by atoms with Crippen molar-refractivity contribution in [2.45, 2.75) is 39.5 Å². The minimum atomic E-state index is -0.512. The Morgan fingerprint density at radius 1 is 1.19 bits per heavy atom. The van der Waals surface area contributed by atoms with Gasteiger partial charge in [0.1, 0.15) is 16.7 Å². The fourth-order valence-corrected chi connectivity index (χ4v) is 4.70. The first-order valence-electron chi connectivity index (χ1n) is 8.89. The number of aryl methyl sites for hydroxylation is 3. The van der Waals surface area contributed by atoms with Crippen molar-refractivity contribution in [2.75, 3.05) is 5.32 Å². The lowest BCUT2D eigenvalue weighted by Crippen LogP contribution is -2.15. The Kier molecular flexibility index (Phi) is 4.33. The van der Waals surface area contributed by atoms with E-state index in [1.165, 1.54) is 22.3 Å². The van der Waals surface area contributed by atoms with Crippen LogP contribution in [0.4, 0.5) is 5.00 Å². The summed E-state index contributed by atoms with van der Waals surface area (Å²) in [6, 6.07) is 6.98. The van der Waals surface area contributed by atoms with E-state index < -0.39 is 5.91 Å². The summed E-state index contributed by atoms with van der Waals surface area (Å²) in [5, 5.41) is 13.3. The summed E-state index contributed by atoms with van der Waals surface area (Å²) in [6.45, 7) is 3.85. The lowest BCUT2D eigenvalue weighted by atomic mass is 9.96. The van der Waals surface area contributed by atoms with Crippen LogP contribution in [0.5, 0.6) is 0 Å². The fraction of sp³-hybridized carbons (Fsp3) is 0.286. The maximum absolute atomic E-state index is 12.7. The second-order valence-electron chi connectivity index (χ2n) is 6.89. The first kappa shape index (κ1) is 17.5. The quantitative estimate of drug-likeness (QED) is 0.713. The molecular weight excluding hydrogens is 360 g/mol. The van der Waals surface area contributed by atoms with Crippen LogP contribution in [0, 0.1) is 25.2 Å². The molecule has 5 nitrogen and oxygen atoms in total. The zero-order valence-electron chi connectivity index (χ0n) is 15.1. The van der Waals surface area contributed by atoms with E-state index in [9.17, 15) is 14.9 Å². The number of carbonyl (C=O) groups is 1. The van der Waals surface area contributed by atoms with E-state index in [0.717, 1.165) is 42.4 Å². The molecule has 0 radical (unpaired) electrons. The average molecular weight is 378 g/mol. The van der Waals surface area contributed by atoms with Crippen molar-refractivity contribution in [3.8, 4) is 6.07 Å². The maximum Gasteiger partial charge on any atom is 0.292 e. The van der Waals surface area contributed by atoms with Crippen molar-refractivity contribution in [1.29, 1.82) is 5.26 Å². The van der Waals surface area contributed by atoms with Crippen LogP contribution in [0.25, 0.3) is 11.0 Å². The van der Waals surface area contributed by atoms with Gasteiger partial charge in [0, 0.05) is 10.9 Å². The molecule has 6 heteroatoms. The second-order valence-corrected chi connectivity index (χ2v) is 7.99. The van der Waals surface area contributed by atoms with Crippen molar-refractivity contribution >= 4 is 33.2 Å². The zero-order chi connectivity index (χ0) is 19.1. The van der Waals surface area contributed by atoms with Gasteiger partial charge in [-0.05, 0) is 68.4 Å². The molecule has 1 aromatic carbocycles. The molecule has 136 valence electrons. The molecule has 1 N–H and O–H groups in total. The fourth-order valence-electron chi connectivity index (χ4n) is 3.46. The summed E-state index contributed by atoms with van der Waals surface area (Å²) in [5.74, 6) is -0.562. The van der Waals surface area contributed by atoms with Gasteiger partial charge in [-0.25, -0.2) is 0 Å². The molecule has 0 aliphatic heterocycles. The molecule has 0 bridgehead atoms. The third-order valence-corrected chi connectivity index (χ3v) is 6.28. The topological polar surface area (TPSA) is 83.1 Å². The van der Waals surface area contributed by atoms with Gasteiger partial charge in [-0.3, -0.25) is 9.59 Å². The van der Waals surface area contributed by atoms with Crippen molar-refractivity contribution in [3.63, 3.8) is 0 Å². The van der Waals surface area contributed by atoms with Gasteiger partial charge in [0.25, 0.3) is 5.91 Å². The molecule has 0 saturated carbocycles. The molecular formula is C21H18N2O3S. The van der Waals surface area contributed by atoms with Crippen molar-refractivity contribution in [3.05, 3.63) is 61.3 Å². The van der Waals surface area contributed by atoms with E-state index in [1.54, 1.807) is 12.1 Å². The highest BCUT2D eigenvalue weighted by molar-refractivity contribution is 7.16. The molecule has 1 amide bonds. The molecule has 0 saturated heterocycles. The third kappa shape index (κ3) is 3.04. The molecule has 0 atom stereocenters. The molecule has 0 spiro atoms. The molecule has 2 aromatic heterocycles. The lowest BCUT2D eigenvalue weighted by molar-refractivity contribution is 0.0997. The first-order valence-corrected chi connectivity index (χ1v) is 9.70. The van der Waals surface area contributed by atoms with Crippen LogP contribution in [0.15, 0.2) is 27.4 Å². The predicted octanol–water partition coefficient (Wildman–Crippen LogP) is 4.47. The monoisotopic (exact) mass is 378 g/mol. The maximum atomic E-state index is 12.7. The predicted molar refractivity (Wildman–Crippen MR) is 106 cm³/mol. The van der Waals surface area contributed by atoms with Gasteiger partial charge in [-0.1, -0.05) is 0 Å². The first-order chi connectivity index (χ1) is 13.0. The van der Waals surface area contributed by atoms with Gasteiger partial charge in [0.2, 0.25) is 0 Å².